The summed E-state index contributed by atoms with van der Waals surface area (Å²) in [5.74, 6) is 0.562. The number of hydrogen-bond acceptors (Lipinski definition) is 4. The smallest absolute Gasteiger partial charge is 0.268 e. The normalized spacial score (nSPS) is 12.8. The minimum absolute atomic E-state index is 0.0312. The Labute approximate surface area is 204 Å². The molecule has 172 valence electrons. The number of anilines is 1. The zero-order chi connectivity index (χ0) is 24.1. The Bertz CT molecular complexity index is 1290. The monoisotopic (exact) mass is 472 g/mol. The van der Waals surface area contributed by atoms with E-state index in [4.69, 9.17) is 21.1 Å². The molecule has 0 radical (unpaired) electrons. The average molecular weight is 473 g/mol. The first-order chi connectivity index (χ1) is 16.5. The first-order valence-corrected chi connectivity index (χ1v) is 11.5. The van der Waals surface area contributed by atoms with Crippen molar-refractivity contribution in [2.45, 2.75) is 26.9 Å². The molecule has 0 aliphatic carbocycles. The summed E-state index contributed by atoms with van der Waals surface area (Å²) < 4.78 is 11.8. The first kappa shape index (κ1) is 23.4. The Morgan fingerprint density at radius 1 is 1.15 bits per heavy atom. The summed E-state index contributed by atoms with van der Waals surface area (Å²) in [6, 6.07) is 21.3. The molecule has 0 aromatic heterocycles. The van der Waals surface area contributed by atoms with Gasteiger partial charge in [0.25, 0.3) is 5.91 Å². The van der Waals surface area contributed by atoms with Gasteiger partial charge in [0.15, 0.2) is 11.5 Å². The van der Waals surface area contributed by atoms with Gasteiger partial charge in [-0.05, 0) is 61.2 Å². The van der Waals surface area contributed by atoms with Crippen LogP contribution >= 0.6 is 11.6 Å². The number of para-hydroxylation sites is 1. The van der Waals surface area contributed by atoms with Gasteiger partial charge in [0.1, 0.15) is 18.2 Å². The number of rotatable bonds is 7. The van der Waals surface area contributed by atoms with Crippen molar-refractivity contribution < 1.29 is 14.3 Å². The van der Waals surface area contributed by atoms with Gasteiger partial charge in [-0.25, -0.2) is 0 Å². The van der Waals surface area contributed by atoms with Gasteiger partial charge in [-0.1, -0.05) is 59.6 Å². The number of halogens is 1. The summed E-state index contributed by atoms with van der Waals surface area (Å²) in [6.45, 7) is 5.20. The van der Waals surface area contributed by atoms with E-state index in [2.05, 4.69) is 6.07 Å². The van der Waals surface area contributed by atoms with Crippen molar-refractivity contribution in [3.63, 3.8) is 0 Å². The standard InChI is InChI=1S/C28H25ClN2O3/c1-3-33-26-16-21(15-24(29)27(26)34-18-20-8-6-7-19(2)13-20)14-23(17-30)28(32)31-12-11-22-9-4-5-10-25(22)31/h4-10,13-16H,3,11-12,18H2,1-2H3/b23-14+. The van der Waals surface area contributed by atoms with Crippen molar-refractivity contribution in [1.82, 2.24) is 0 Å². The van der Waals surface area contributed by atoms with Crippen LogP contribution in [-0.2, 0) is 17.8 Å². The number of carbonyl (C=O) groups is 1. The van der Waals surface area contributed by atoms with E-state index < -0.39 is 0 Å². The van der Waals surface area contributed by atoms with E-state index in [1.54, 1.807) is 23.1 Å². The largest absolute Gasteiger partial charge is 0.490 e. The second kappa shape index (κ2) is 10.5. The first-order valence-electron chi connectivity index (χ1n) is 11.2. The molecular formula is C28H25ClN2O3. The van der Waals surface area contributed by atoms with E-state index >= 15 is 0 Å². The van der Waals surface area contributed by atoms with Gasteiger partial charge in [-0.15, -0.1) is 0 Å². The molecule has 0 bridgehead atoms. The third kappa shape index (κ3) is 5.08. The lowest BCUT2D eigenvalue weighted by atomic mass is 10.1. The van der Waals surface area contributed by atoms with Gasteiger partial charge in [0.2, 0.25) is 0 Å². The predicted molar refractivity (Wildman–Crippen MR) is 134 cm³/mol. The lowest BCUT2D eigenvalue weighted by molar-refractivity contribution is -0.114. The van der Waals surface area contributed by atoms with Crippen LogP contribution in [0.25, 0.3) is 6.08 Å². The molecule has 0 saturated carbocycles. The number of benzene rings is 3. The van der Waals surface area contributed by atoms with Crippen molar-refractivity contribution in [3.8, 4) is 17.6 Å². The zero-order valence-corrected chi connectivity index (χ0v) is 19.9. The molecular weight excluding hydrogens is 448 g/mol. The topological polar surface area (TPSA) is 62.6 Å². The number of nitriles is 1. The van der Waals surface area contributed by atoms with Crippen LogP contribution in [0.15, 0.2) is 66.2 Å². The van der Waals surface area contributed by atoms with Crippen LogP contribution < -0.4 is 14.4 Å². The molecule has 0 fully saturated rings. The molecule has 0 N–H and O–H groups in total. The number of aryl methyl sites for hydroxylation is 1. The maximum absolute atomic E-state index is 13.1. The van der Waals surface area contributed by atoms with Crippen LogP contribution in [0.3, 0.4) is 0 Å². The molecule has 1 aliphatic heterocycles. The Kier molecular flexibility index (Phi) is 7.20. The summed E-state index contributed by atoms with van der Waals surface area (Å²) in [4.78, 5) is 14.8. The van der Waals surface area contributed by atoms with Crippen molar-refractivity contribution in [3.05, 3.63) is 93.5 Å². The molecule has 6 heteroatoms. The Morgan fingerprint density at radius 2 is 1.97 bits per heavy atom. The zero-order valence-electron chi connectivity index (χ0n) is 19.2. The van der Waals surface area contributed by atoms with Crippen LogP contribution in [0.2, 0.25) is 5.02 Å². The number of carbonyl (C=O) groups excluding carboxylic acids is 1. The van der Waals surface area contributed by atoms with Crippen LogP contribution in [0, 0.1) is 18.3 Å². The Hall–Kier alpha value is -3.75. The third-order valence-electron chi connectivity index (χ3n) is 5.59. The fourth-order valence-corrected chi connectivity index (χ4v) is 4.31. The minimum atomic E-state index is -0.332. The highest BCUT2D eigenvalue weighted by Crippen LogP contribution is 2.38. The van der Waals surface area contributed by atoms with Crippen molar-refractivity contribution in [2.75, 3.05) is 18.1 Å². The maximum Gasteiger partial charge on any atom is 0.268 e. The molecule has 0 saturated heterocycles. The van der Waals surface area contributed by atoms with Gasteiger partial charge in [-0.3, -0.25) is 4.79 Å². The molecule has 0 atom stereocenters. The van der Waals surface area contributed by atoms with E-state index in [1.165, 1.54) is 0 Å². The SMILES string of the molecule is CCOc1cc(/C=C(\C#N)C(=O)N2CCc3ccccc32)cc(Cl)c1OCc1cccc(C)c1. The van der Waals surface area contributed by atoms with E-state index in [0.29, 0.717) is 41.8 Å². The molecule has 34 heavy (non-hydrogen) atoms. The molecule has 3 aromatic rings. The fourth-order valence-electron chi connectivity index (χ4n) is 4.03. The molecule has 1 heterocycles. The van der Waals surface area contributed by atoms with Crippen molar-refractivity contribution >= 4 is 29.3 Å². The highest BCUT2D eigenvalue weighted by Gasteiger charge is 2.26. The van der Waals surface area contributed by atoms with Crippen LogP contribution in [0.5, 0.6) is 11.5 Å². The number of hydrogen-bond donors (Lipinski definition) is 0. The number of amides is 1. The lowest BCUT2D eigenvalue weighted by Gasteiger charge is -2.17. The van der Waals surface area contributed by atoms with E-state index in [9.17, 15) is 10.1 Å². The quantitative estimate of drug-likeness (QED) is 0.307. The number of fused-ring (bicyclic) bond motifs is 1. The molecule has 0 unspecified atom stereocenters. The summed E-state index contributed by atoms with van der Waals surface area (Å²) in [6.07, 6.45) is 2.32. The van der Waals surface area contributed by atoms with Gasteiger partial charge >= 0.3 is 0 Å². The number of nitrogens with zero attached hydrogens (tertiary/aromatic N) is 2. The number of ether oxygens (including phenoxy) is 2. The summed E-state index contributed by atoms with van der Waals surface area (Å²) in [5, 5.41) is 10.1. The van der Waals surface area contributed by atoms with Gasteiger partial charge in [0, 0.05) is 12.2 Å². The highest BCUT2D eigenvalue weighted by molar-refractivity contribution is 6.32. The Balaban J connectivity index is 1.60. The van der Waals surface area contributed by atoms with Crippen LogP contribution in [0.1, 0.15) is 29.2 Å². The van der Waals surface area contributed by atoms with E-state index in [0.717, 1.165) is 28.8 Å². The van der Waals surface area contributed by atoms with Crippen LogP contribution in [-0.4, -0.2) is 19.1 Å². The second-order valence-corrected chi connectivity index (χ2v) is 8.45. The van der Waals surface area contributed by atoms with Crippen LogP contribution in [0.4, 0.5) is 5.69 Å². The second-order valence-electron chi connectivity index (χ2n) is 8.05. The molecule has 0 spiro atoms. The van der Waals surface area contributed by atoms with Gasteiger partial charge < -0.3 is 14.4 Å². The summed E-state index contributed by atoms with van der Waals surface area (Å²) in [7, 11) is 0. The summed E-state index contributed by atoms with van der Waals surface area (Å²) >= 11 is 6.56. The van der Waals surface area contributed by atoms with E-state index in [1.807, 2.05) is 62.4 Å². The molecule has 4 rings (SSSR count). The molecule has 1 amide bonds. The third-order valence-corrected chi connectivity index (χ3v) is 5.87. The fraction of sp³-hybridized carbons (Fsp3) is 0.214. The molecule has 5 nitrogen and oxygen atoms in total. The Morgan fingerprint density at radius 3 is 2.74 bits per heavy atom. The predicted octanol–water partition coefficient (Wildman–Crippen LogP) is 6.12. The van der Waals surface area contributed by atoms with E-state index in [-0.39, 0.29) is 11.5 Å². The lowest BCUT2D eigenvalue weighted by Crippen LogP contribution is -2.29. The molecule has 3 aromatic carbocycles. The summed E-state index contributed by atoms with van der Waals surface area (Å²) in [5.41, 5.74) is 4.74. The maximum atomic E-state index is 13.1. The van der Waals surface area contributed by atoms with Gasteiger partial charge in [-0.2, -0.15) is 5.26 Å². The molecule has 1 aliphatic rings. The van der Waals surface area contributed by atoms with Crippen molar-refractivity contribution in [2.24, 2.45) is 0 Å². The highest BCUT2D eigenvalue weighted by atomic mass is 35.5. The minimum Gasteiger partial charge on any atom is -0.490 e. The van der Waals surface area contributed by atoms with Crippen molar-refractivity contribution in [1.29, 1.82) is 5.26 Å². The average Bonchev–Trinajstić information content (AvgIpc) is 3.26. The van der Waals surface area contributed by atoms with Gasteiger partial charge in [0.05, 0.1) is 11.6 Å².